The Labute approximate surface area is 184 Å². The van der Waals surface area contributed by atoms with Gasteiger partial charge in [-0.15, -0.1) is 0 Å². The molecule has 0 aliphatic carbocycles. The molecule has 1 N–H and O–H groups in total. The standard InChI is InChI=1S/C19H20F3N3OS2.ClH/c1-11-15(4-3-5-17(27)28)25(9-8-16(11)26-2)18-23-13-7-6-12(19(20,21)22)10-14(13)24-18;/h6-10,17H,3-5H2,1-2H3,(H2-,23,24,27,28);1H. The summed E-state index contributed by atoms with van der Waals surface area (Å²) in [5.74, 6) is 1.21. The highest BCUT2D eigenvalue weighted by atomic mass is 35.5. The van der Waals surface area contributed by atoms with Crippen molar-refractivity contribution in [3.63, 3.8) is 0 Å². The number of aromatic nitrogens is 3. The van der Waals surface area contributed by atoms with Gasteiger partial charge in [0.2, 0.25) is 0 Å². The summed E-state index contributed by atoms with van der Waals surface area (Å²) in [6, 6.07) is 5.32. The average Bonchev–Trinajstić information content (AvgIpc) is 3.05. The van der Waals surface area contributed by atoms with Crippen LogP contribution in [0.5, 0.6) is 5.75 Å². The largest absolute Gasteiger partial charge is 1.00 e. The molecule has 0 saturated carbocycles. The molecule has 0 radical (unpaired) electrons. The first-order valence-corrected chi connectivity index (χ1v) is 9.75. The lowest BCUT2D eigenvalue weighted by atomic mass is 10.1. The van der Waals surface area contributed by atoms with Crippen molar-refractivity contribution < 1.29 is 34.9 Å². The number of hydrogen-bond acceptors (Lipinski definition) is 4. The Morgan fingerprint density at radius 2 is 1.97 bits per heavy atom. The normalized spacial score (nSPS) is 11.7. The minimum Gasteiger partial charge on any atom is -1.00 e. The Morgan fingerprint density at radius 3 is 2.59 bits per heavy atom. The maximum absolute atomic E-state index is 13.0. The second kappa shape index (κ2) is 9.49. The number of H-pyrrole nitrogens is 1. The highest BCUT2D eigenvalue weighted by Crippen LogP contribution is 2.31. The molecule has 158 valence electrons. The summed E-state index contributed by atoms with van der Waals surface area (Å²) in [5.41, 5.74) is 2.01. The van der Waals surface area contributed by atoms with Crippen molar-refractivity contribution in [3.8, 4) is 11.7 Å². The molecule has 2 heterocycles. The smallest absolute Gasteiger partial charge is 0.416 e. The first-order valence-electron chi connectivity index (χ1n) is 8.72. The van der Waals surface area contributed by atoms with Crippen molar-refractivity contribution in [3.05, 3.63) is 47.3 Å². The Balaban J connectivity index is 0.00000300. The number of fused-ring (bicyclic) bond motifs is 1. The van der Waals surface area contributed by atoms with E-state index in [4.69, 9.17) is 4.74 Å². The van der Waals surface area contributed by atoms with Gasteiger partial charge in [-0.2, -0.15) is 38.4 Å². The summed E-state index contributed by atoms with van der Waals surface area (Å²) in [6.07, 6.45) is -0.200. The van der Waals surface area contributed by atoms with Crippen molar-refractivity contribution in [1.29, 1.82) is 0 Å². The van der Waals surface area contributed by atoms with Crippen LogP contribution in [-0.2, 0) is 12.6 Å². The number of imidazole rings is 1. The molecule has 0 fully saturated rings. The van der Waals surface area contributed by atoms with Gasteiger partial charge in [-0.05, 0) is 38.0 Å². The minimum absolute atomic E-state index is 0. The van der Waals surface area contributed by atoms with E-state index < -0.39 is 11.7 Å². The van der Waals surface area contributed by atoms with Crippen LogP contribution in [0.25, 0.3) is 17.0 Å². The summed E-state index contributed by atoms with van der Waals surface area (Å²) < 4.78 is 46.2. The van der Waals surface area contributed by atoms with Crippen molar-refractivity contribution in [2.24, 2.45) is 0 Å². The molecule has 0 amide bonds. The molecule has 0 unspecified atom stereocenters. The minimum atomic E-state index is -4.40. The Bertz CT molecular complexity index is 993. The van der Waals surface area contributed by atoms with E-state index >= 15 is 0 Å². The summed E-state index contributed by atoms with van der Waals surface area (Å²) in [6.45, 7) is 1.95. The summed E-state index contributed by atoms with van der Waals surface area (Å²) in [7, 11) is 1.60. The fourth-order valence-electron chi connectivity index (χ4n) is 3.14. The molecular weight excluding hydrogens is 443 g/mol. The van der Waals surface area contributed by atoms with Gasteiger partial charge in [-0.25, -0.2) is 9.55 Å². The molecule has 4 nitrogen and oxygen atoms in total. The number of halogens is 4. The van der Waals surface area contributed by atoms with Crippen molar-refractivity contribution >= 4 is 36.3 Å². The van der Waals surface area contributed by atoms with Gasteiger partial charge in [0.1, 0.15) is 11.3 Å². The third kappa shape index (κ3) is 5.32. The number of methoxy groups -OCH3 is 1. The molecule has 3 rings (SSSR count). The fraction of sp³-hybridized carbons (Fsp3) is 0.368. The van der Waals surface area contributed by atoms with Gasteiger partial charge < -0.3 is 17.1 Å². The number of pyridine rings is 1. The highest BCUT2D eigenvalue weighted by molar-refractivity contribution is 7.99. The Kier molecular flexibility index (Phi) is 7.75. The average molecular weight is 464 g/mol. The number of rotatable bonds is 6. The molecule has 0 spiro atoms. The van der Waals surface area contributed by atoms with Crippen LogP contribution in [-0.4, -0.2) is 21.7 Å². The fourth-order valence-corrected chi connectivity index (χ4v) is 3.51. The van der Waals surface area contributed by atoms with Gasteiger partial charge >= 0.3 is 12.1 Å². The molecule has 1 aromatic carbocycles. The van der Waals surface area contributed by atoms with Crippen LogP contribution in [0.2, 0.25) is 0 Å². The van der Waals surface area contributed by atoms with E-state index in [9.17, 15) is 13.2 Å². The molecule has 3 aromatic rings. The van der Waals surface area contributed by atoms with E-state index in [1.54, 1.807) is 7.11 Å². The molecule has 0 saturated heterocycles. The maximum Gasteiger partial charge on any atom is 0.416 e. The molecule has 0 atom stereocenters. The molecule has 0 bridgehead atoms. The monoisotopic (exact) mass is 463 g/mol. The van der Waals surface area contributed by atoms with E-state index in [-0.39, 0.29) is 22.5 Å². The van der Waals surface area contributed by atoms with Crippen LogP contribution >= 0.6 is 25.3 Å². The zero-order chi connectivity index (χ0) is 20.5. The first kappa shape index (κ1) is 23.7. The Hall–Kier alpha value is -1.58. The summed E-state index contributed by atoms with van der Waals surface area (Å²) >= 11 is 8.59. The predicted octanol–water partition coefficient (Wildman–Crippen LogP) is 1.69. The Morgan fingerprint density at radius 1 is 1.24 bits per heavy atom. The second-order valence-electron chi connectivity index (χ2n) is 6.49. The van der Waals surface area contributed by atoms with Crippen molar-refractivity contribution in [2.45, 2.75) is 36.9 Å². The van der Waals surface area contributed by atoms with E-state index in [0.29, 0.717) is 11.5 Å². The third-order valence-electron chi connectivity index (χ3n) is 4.59. The van der Waals surface area contributed by atoms with E-state index in [0.717, 1.165) is 48.4 Å². The van der Waals surface area contributed by atoms with Crippen LogP contribution in [0, 0.1) is 6.92 Å². The predicted molar refractivity (Wildman–Crippen MR) is 109 cm³/mol. The van der Waals surface area contributed by atoms with Gasteiger partial charge in [-0.1, -0.05) is 4.98 Å². The number of benzene rings is 1. The number of aromatic amines is 1. The summed E-state index contributed by atoms with van der Waals surface area (Å²) in [5, 5.41) is 0. The van der Waals surface area contributed by atoms with Crippen molar-refractivity contribution in [1.82, 2.24) is 9.97 Å². The van der Waals surface area contributed by atoms with Crippen LogP contribution in [0.15, 0.2) is 30.5 Å². The van der Waals surface area contributed by atoms with Gasteiger partial charge in [0, 0.05) is 22.6 Å². The first-order chi connectivity index (χ1) is 13.2. The van der Waals surface area contributed by atoms with Crippen LogP contribution in [0.4, 0.5) is 13.2 Å². The zero-order valence-corrected chi connectivity index (χ0v) is 18.3. The van der Waals surface area contributed by atoms with Crippen LogP contribution in [0.1, 0.15) is 29.7 Å². The molecular formula is C19H21ClF3N3OS2. The quantitative estimate of drug-likeness (QED) is 0.296. The lowest BCUT2D eigenvalue weighted by Gasteiger charge is -2.13. The zero-order valence-electron chi connectivity index (χ0n) is 15.8. The molecule has 10 heteroatoms. The number of ether oxygens (including phenoxy) is 1. The van der Waals surface area contributed by atoms with E-state index in [2.05, 4.69) is 35.2 Å². The maximum atomic E-state index is 13.0. The van der Waals surface area contributed by atoms with E-state index in [1.165, 1.54) is 6.07 Å². The molecule has 29 heavy (non-hydrogen) atoms. The number of nitrogens with one attached hydrogen (secondary N) is 1. The van der Waals surface area contributed by atoms with Gasteiger partial charge in [-0.3, -0.25) is 0 Å². The highest BCUT2D eigenvalue weighted by Gasteiger charge is 2.32. The SMILES string of the molecule is COc1cc[n+](-c2nc3cc(C(F)(F)F)ccc3[nH]2)c(CCCC(S)S)c1C.[Cl-]. The lowest BCUT2D eigenvalue weighted by Crippen LogP contribution is -3.00. The van der Waals surface area contributed by atoms with Gasteiger partial charge in [0.15, 0.2) is 5.52 Å². The van der Waals surface area contributed by atoms with Gasteiger partial charge in [0.25, 0.3) is 0 Å². The molecule has 0 aliphatic heterocycles. The van der Waals surface area contributed by atoms with Crippen LogP contribution in [0.3, 0.4) is 0 Å². The lowest BCUT2D eigenvalue weighted by molar-refractivity contribution is -0.612. The number of nitrogens with zero attached hydrogens (tertiary/aromatic N) is 2. The molecule has 0 aliphatic rings. The van der Waals surface area contributed by atoms with Crippen molar-refractivity contribution in [2.75, 3.05) is 7.11 Å². The molecule has 2 aromatic heterocycles. The van der Waals surface area contributed by atoms with E-state index in [1.807, 2.05) is 23.8 Å². The second-order valence-corrected chi connectivity index (χ2v) is 8.14. The number of hydrogen-bond donors (Lipinski definition) is 3. The van der Waals surface area contributed by atoms with Gasteiger partial charge in [0.05, 0.1) is 24.6 Å². The number of thiol groups is 2. The van der Waals surface area contributed by atoms with Crippen LogP contribution < -0.4 is 21.7 Å². The number of alkyl halides is 3. The third-order valence-corrected chi connectivity index (χ3v) is 5.11. The summed E-state index contributed by atoms with van der Waals surface area (Å²) in [4.78, 5) is 7.50. The topological polar surface area (TPSA) is 41.8 Å².